The Hall–Kier alpha value is -1.63. The van der Waals surface area contributed by atoms with E-state index in [4.69, 9.17) is 0 Å². The number of hydrogen-bond acceptors (Lipinski definition) is 3. The molecule has 6 nitrogen and oxygen atoms in total. The monoisotopic (exact) mass is 353 g/mol. The van der Waals surface area contributed by atoms with Crippen LogP contribution in [0.4, 0.5) is 0 Å². The van der Waals surface area contributed by atoms with E-state index in [-0.39, 0.29) is 5.91 Å². The molecule has 0 spiro atoms. The predicted molar refractivity (Wildman–Crippen MR) is 83.8 cm³/mol. The Morgan fingerprint density at radius 1 is 1.43 bits per heavy atom. The zero-order valence-electron chi connectivity index (χ0n) is 12.6. The first-order valence-electron chi connectivity index (χ1n) is 6.98. The maximum absolute atomic E-state index is 11.9. The standard InChI is InChI=1S/C14H20BrN5O/c1-4-19-9-12(8-17-19)7-16-13(21)5-6-20-11(3)14(15)10(2)18-20/h8-9H,4-7H2,1-3H3,(H,16,21). The van der Waals surface area contributed by atoms with Gasteiger partial charge in [-0.1, -0.05) is 0 Å². The van der Waals surface area contributed by atoms with Crippen LogP contribution in [-0.4, -0.2) is 25.5 Å². The summed E-state index contributed by atoms with van der Waals surface area (Å²) < 4.78 is 4.71. The summed E-state index contributed by atoms with van der Waals surface area (Å²) in [6, 6.07) is 0. The first-order valence-corrected chi connectivity index (χ1v) is 7.78. The van der Waals surface area contributed by atoms with Crippen LogP contribution < -0.4 is 5.32 Å². The molecule has 0 bridgehead atoms. The number of aromatic nitrogens is 4. The molecule has 0 radical (unpaired) electrons. The summed E-state index contributed by atoms with van der Waals surface area (Å²) in [5, 5.41) is 11.5. The highest BCUT2D eigenvalue weighted by molar-refractivity contribution is 9.10. The van der Waals surface area contributed by atoms with Gasteiger partial charge in [0.25, 0.3) is 0 Å². The van der Waals surface area contributed by atoms with Gasteiger partial charge in [-0.3, -0.25) is 14.2 Å². The molecule has 114 valence electrons. The third kappa shape index (κ3) is 3.93. The first kappa shape index (κ1) is 15.8. The average molecular weight is 354 g/mol. The van der Waals surface area contributed by atoms with Gasteiger partial charge in [0.1, 0.15) is 0 Å². The molecule has 0 atom stereocenters. The Kier molecular flexibility index (Phi) is 5.17. The lowest BCUT2D eigenvalue weighted by Crippen LogP contribution is -2.24. The molecular weight excluding hydrogens is 334 g/mol. The minimum atomic E-state index is 0.0166. The summed E-state index contributed by atoms with van der Waals surface area (Å²) in [5.41, 5.74) is 3.00. The van der Waals surface area contributed by atoms with Crippen LogP contribution in [0.25, 0.3) is 0 Å². The van der Waals surface area contributed by atoms with Gasteiger partial charge in [0, 0.05) is 37.0 Å². The molecule has 0 aliphatic rings. The van der Waals surface area contributed by atoms with Crippen molar-refractivity contribution in [2.24, 2.45) is 0 Å². The molecule has 2 heterocycles. The van der Waals surface area contributed by atoms with Gasteiger partial charge >= 0.3 is 0 Å². The van der Waals surface area contributed by atoms with Crippen LogP contribution in [0.1, 0.15) is 30.3 Å². The van der Waals surface area contributed by atoms with Crippen molar-refractivity contribution in [2.75, 3.05) is 0 Å². The van der Waals surface area contributed by atoms with Crippen molar-refractivity contribution >= 4 is 21.8 Å². The van der Waals surface area contributed by atoms with Crippen molar-refractivity contribution in [1.82, 2.24) is 24.9 Å². The highest BCUT2D eigenvalue weighted by Gasteiger charge is 2.10. The molecule has 0 fully saturated rings. The lowest BCUT2D eigenvalue weighted by Gasteiger charge is -2.05. The van der Waals surface area contributed by atoms with E-state index in [1.54, 1.807) is 6.20 Å². The van der Waals surface area contributed by atoms with Gasteiger partial charge < -0.3 is 5.32 Å². The number of aryl methyl sites for hydroxylation is 3. The Balaban J connectivity index is 1.80. The molecule has 7 heteroatoms. The predicted octanol–water partition coefficient (Wildman–Crippen LogP) is 2.19. The van der Waals surface area contributed by atoms with Crippen molar-refractivity contribution in [3.63, 3.8) is 0 Å². The molecule has 0 saturated heterocycles. The first-order chi connectivity index (χ1) is 10.0. The van der Waals surface area contributed by atoms with E-state index < -0.39 is 0 Å². The summed E-state index contributed by atoms with van der Waals surface area (Å²) in [7, 11) is 0. The number of hydrogen-bond donors (Lipinski definition) is 1. The van der Waals surface area contributed by atoms with E-state index >= 15 is 0 Å². The number of amides is 1. The van der Waals surface area contributed by atoms with Crippen LogP contribution in [0.3, 0.4) is 0 Å². The minimum absolute atomic E-state index is 0.0166. The van der Waals surface area contributed by atoms with E-state index in [1.165, 1.54) is 0 Å². The number of carbonyl (C=O) groups is 1. The van der Waals surface area contributed by atoms with Crippen LogP contribution in [0.15, 0.2) is 16.9 Å². The van der Waals surface area contributed by atoms with Crippen molar-refractivity contribution < 1.29 is 4.79 Å². The number of rotatable bonds is 6. The fourth-order valence-corrected chi connectivity index (χ4v) is 2.34. The molecule has 1 amide bonds. The van der Waals surface area contributed by atoms with Gasteiger partial charge in [0.15, 0.2) is 0 Å². The summed E-state index contributed by atoms with van der Waals surface area (Å²) >= 11 is 3.48. The summed E-state index contributed by atoms with van der Waals surface area (Å²) in [4.78, 5) is 11.9. The van der Waals surface area contributed by atoms with Crippen LogP contribution >= 0.6 is 15.9 Å². The Morgan fingerprint density at radius 2 is 2.19 bits per heavy atom. The van der Waals surface area contributed by atoms with E-state index in [1.807, 2.05) is 36.3 Å². The van der Waals surface area contributed by atoms with Gasteiger partial charge in [-0.2, -0.15) is 10.2 Å². The molecule has 0 unspecified atom stereocenters. The summed E-state index contributed by atoms with van der Waals surface area (Å²) in [6.45, 7) is 7.89. The second-order valence-corrected chi connectivity index (χ2v) is 5.73. The molecule has 0 aliphatic carbocycles. The zero-order valence-corrected chi connectivity index (χ0v) is 14.1. The Bertz CT molecular complexity index is 631. The second kappa shape index (κ2) is 6.89. The van der Waals surface area contributed by atoms with Gasteiger partial charge in [0.05, 0.1) is 22.9 Å². The minimum Gasteiger partial charge on any atom is -0.352 e. The maximum atomic E-state index is 11.9. The van der Waals surface area contributed by atoms with E-state index in [2.05, 4.69) is 31.4 Å². The molecule has 0 saturated carbocycles. The van der Waals surface area contributed by atoms with Gasteiger partial charge in [-0.25, -0.2) is 0 Å². The van der Waals surface area contributed by atoms with E-state index in [0.29, 0.717) is 19.5 Å². The van der Waals surface area contributed by atoms with Crippen LogP contribution in [-0.2, 0) is 24.4 Å². The van der Waals surface area contributed by atoms with Gasteiger partial charge in [-0.15, -0.1) is 0 Å². The molecule has 0 aliphatic heterocycles. The Morgan fingerprint density at radius 3 is 2.76 bits per heavy atom. The second-order valence-electron chi connectivity index (χ2n) is 4.94. The molecular formula is C14H20BrN5O. The quantitative estimate of drug-likeness (QED) is 0.865. The zero-order chi connectivity index (χ0) is 15.4. The molecule has 1 N–H and O–H groups in total. The number of halogens is 1. The van der Waals surface area contributed by atoms with Gasteiger partial charge in [0.2, 0.25) is 5.91 Å². The fourth-order valence-electron chi connectivity index (χ4n) is 2.06. The van der Waals surface area contributed by atoms with E-state index in [0.717, 1.165) is 28.0 Å². The largest absolute Gasteiger partial charge is 0.352 e. The van der Waals surface area contributed by atoms with Gasteiger partial charge in [-0.05, 0) is 36.7 Å². The fraction of sp³-hybridized carbons (Fsp3) is 0.500. The van der Waals surface area contributed by atoms with Crippen molar-refractivity contribution in [3.8, 4) is 0 Å². The average Bonchev–Trinajstić information content (AvgIpc) is 3.03. The van der Waals surface area contributed by atoms with Crippen LogP contribution in [0.5, 0.6) is 0 Å². The summed E-state index contributed by atoms with van der Waals surface area (Å²) in [6.07, 6.45) is 4.14. The van der Waals surface area contributed by atoms with Crippen LogP contribution in [0.2, 0.25) is 0 Å². The summed E-state index contributed by atoms with van der Waals surface area (Å²) in [5.74, 6) is 0.0166. The number of nitrogens with one attached hydrogen (secondary N) is 1. The highest BCUT2D eigenvalue weighted by atomic mass is 79.9. The third-order valence-electron chi connectivity index (χ3n) is 3.34. The number of nitrogens with zero attached hydrogens (tertiary/aromatic N) is 4. The molecule has 2 rings (SSSR count). The molecule has 0 aromatic carbocycles. The lowest BCUT2D eigenvalue weighted by atomic mass is 10.3. The van der Waals surface area contributed by atoms with E-state index in [9.17, 15) is 4.79 Å². The normalized spacial score (nSPS) is 10.9. The smallest absolute Gasteiger partial charge is 0.222 e. The lowest BCUT2D eigenvalue weighted by molar-refractivity contribution is -0.121. The maximum Gasteiger partial charge on any atom is 0.222 e. The SMILES string of the molecule is CCn1cc(CNC(=O)CCn2nc(C)c(Br)c2C)cn1. The molecule has 2 aromatic rings. The Labute approximate surface area is 132 Å². The van der Waals surface area contributed by atoms with Crippen molar-refractivity contribution in [3.05, 3.63) is 33.8 Å². The topological polar surface area (TPSA) is 64.7 Å². The van der Waals surface area contributed by atoms with Crippen molar-refractivity contribution in [2.45, 2.75) is 46.8 Å². The third-order valence-corrected chi connectivity index (χ3v) is 4.49. The molecule has 2 aromatic heterocycles. The number of carbonyl (C=O) groups excluding carboxylic acids is 1. The van der Waals surface area contributed by atoms with Crippen LogP contribution in [0, 0.1) is 13.8 Å². The molecule has 21 heavy (non-hydrogen) atoms. The van der Waals surface area contributed by atoms with Crippen molar-refractivity contribution in [1.29, 1.82) is 0 Å². The highest BCUT2D eigenvalue weighted by Crippen LogP contribution is 2.19.